The zero-order chi connectivity index (χ0) is 9.83. The Morgan fingerprint density at radius 3 is 1.58 bits per heavy atom. The Balaban J connectivity index is 4.20. The number of hydrogen-bond donors (Lipinski definition) is 0. The Hall–Kier alpha value is -0.0700. The van der Waals surface area contributed by atoms with Crippen LogP contribution in [0.25, 0.3) is 0 Å². The molecule has 0 aliphatic heterocycles. The molecule has 0 fully saturated rings. The maximum atomic E-state index is 13.7. The van der Waals surface area contributed by atoms with E-state index in [1.165, 1.54) is 0 Å². The summed E-state index contributed by atoms with van der Waals surface area (Å²) >= 11 is 0. The predicted octanol–water partition coefficient (Wildman–Crippen LogP) is 4.34. The van der Waals surface area contributed by atoms with Crippen molar-refractivity contribution in [3.8, 4) is 0 Å². The molecule has 0 amide bonds. The molecule has 0 aromatic carbocycles. The fraction of sp³-hybridized carbons (Fsp3) is 1.00. The van der Waals surface area contributed by atoms with Gasteiger partial charge in [0, 0.05) is 0 Å². The highest BCUT2D eigenvalue weighted by Gasteiger charge is 2.31. The third-order valence-electron chi connectivity index (χ3n) is 3.24. The molecule has 0 bridgehead atoms. The lowest BCUT2D eigenvalue weighted by molar-refractivity contribution is 0.0904. The summed E-state index contributed by atoms with van der Waals surface area (Å²) in [6.07, 6.45) is 3.47. The van der Waals surface area contributed by atoms with Gasteiger partial charge in [0.15, 0.2) is 0 Å². The van der Waals surface area contributed by atoms with Crippen LogP contribution in [0.5, 0.6) is 0 Å². The smallest absolute Gasteiger partial charge is 0.108 e. The molecule has 74 valence electrons. The normalized spacial score (nSPS) is 17.5. The molecule has 0 rings (SSSR count). The van der Waals surface area contributed by atoms with Crippen LogP contribution in [0.2, 0.25) is 0 Å². The molecular formula is C11H23F. The zero-order valence-corrected chi connectivity index (χ0v) is 9.21. The summed E-state index contributed by atoms with van der Waals surface area (Å²) in [5.41, 5.74) is -0.778. The Bertz CT molecular complexity index is 123. The average molecular weight is 174 g/mol. The first-order valence-electron chi connectivity index (χ1n) is 5.08. The summed E-state index contributed by atoms with van der Waals surface area (Å²) in [6, 6.07) is 0. The van der Waals surface area contributed by atoms with Crippen molar-refractivity contribution in [3.05, 3.63) is 0 Å². The zero-order valence-electron chi connectivity index (χ0n) is 9.21. The van der Waals surface area contributed by atoms with Crippen molar-refractivity contribution < 1.29 is 4.39 Å². The molecular weight excluding hydrogens is 151 g/mol. The highest BCUT2D eigenvalue weighted by Crippen LogP contribution is 2.37. The standard InChI is InChI=1S/C11H23F/c1-6-10(4,7-2)9-11(5,12)8-3/h6-9H2,1-5H3/t11-/m1/s1. The molecule has 0 N–H and O–H groups in total. The molecule has 0 saturated carbocycles. The van der Waals surface area contributed by atoms with E-state index in [1.54, 1.807) is 6.92 Å². The minimum absolute atomic E-state index is 0.194. The van der Waals surface area contributed by atoms with E-state index in [-0.39, 0.29) is 5.41 Å². The molecule has 0 unspecified atom stereocenters. The first-order chi connectivity index (χ1) is 5.39. The summed E-state index contributed by atoms with van der Waals surface area (Å²) < 4.78 is 13.7. The van der Waals surface area contributed by atoms with E-state index in [0.29, 0.717) is 12.8 Å². The van der Waals surface area contributed by atoms with Gasteiger partial charge in [-0.3, -0.25) is 0 Å². The Labute approximate surface area is 76.6 Å². The second kappa shape index (κ2) is 4.25. The first-order valence-corrected chi connectivity index (χ1v) is 5.08. The van der Waals surface area contributed by atoms with Crippen molar-refractivity contribution in [2.45, 2.75) is 66.0 Å². The summed E-state index contributed by atoms with van der Waals surface area (Å²) in [7, 11) is 0. The van der Waals surface area contributed by atoms with Crippen LogP contribution in [0.3, 0.4) is 0 Å². The lowest BCUT2D eigenvalue weighted by Gasteiger charge is -2.33. The third-order valence-corrected chi connectivity index (χ3v) is 3.24. The second-order valence-corrected chi connectivity index (χ2v) is 4.46. The number of hydrogen-bond acceptors (Lipinski definition) is 0. The number of alkyl halides is 1. The van der Waals surface area contributed by atoms with Gasteiger partial charge in [0.05, 0.1) is 0 Å². The van der Waals surface area contributed by atoms with E-state index in [2.05, 4.69) is 20.8 Å². The van der Waals surface area contributed by atoms with Gasteiger partial charge in [0.25, 0.3) is 0 Å². The molecule has 0 aromatic rings. The van der Waals surface area contributed by atoms with E-state index in [9.17, 15) is 4.39 Å². The summed E-state index contributed by atoms with van der Waals surface area (Å²) in [6.45, 7) is 10.1. The van der Waals surface area contributed by atoms with Crippen LogP contribution in [0, 0.1) is 5.41 Å². The van der Waals surface area contributed by atoms with Gasteiger partial charge in [0.1, 0.15) is 5.67 Å². The van der Waals surface area contributed by atoms with Gasteiger partial charge in [-0.05, 0) is 25.2 Å². The largest absolute Gasteiger partial charge is 0.244 e. The van der Waals surface area contributed by atoms with E-state index in [4.69, 9.17) is 0 Å². The SMILES string of the molecule is CCC(C)(CC)C[C@](C)(F)CC. The van der Waals surface area contributed by atoms with Crippen molar-refractivity contribution in [1.82, 2.24) is 0 Å². The molecule has 0 heterocycles. The van der Waals surface area contributed by atoms with Crippen LogP contribution >= 0.6 is 0 Å². The average Bonchev–Trinajstić information content (AvgIpc) is 2.04. The van der Waals surface area contributed by atoms with E-state index >= 15 is 0 Å². The summed E-state index contributed by atoms with van der Waals surface area (Å²) in [5.74, 6) is 0. The third kappa shape index (κ3) is 3.55. The molecule has 1 heteroatoms. The first kappa shape index (κ1) is 11.9. The lowest BCUT2D eigenvalue weighted by atomic mass is 9.75. The van der Waals surface area contributed by atoms with Crippen molar-refractivity contribution >= 4 is 0 Å². The number of halogens is 1. The van der Waals surface area contributed by atoms with Crippen LogP contribution in [0.15, 0.2) is 0 Å². The summed E-state index contributed by atoms with van der Waals surface area (Å²) in [4.78, 5) is 0. The topological polar surface area (TPSA) is 0 Å². The molecule has 12 heavy (non-hydrogen) atoms. The minimum Gasteiger partial charge on any atom is -0.244 e. The van der Waals surface area contributed by atoms with Crippen LogP contribution in [0.1, 0.15) is 60.3 Å². The van der Waals surface area contributed by atoms with Gasteiger partial charge in [-0.15, -0.1) is 0 Å². The second-order valence-electron chi connectivity index (χ2n) is 4.46. The molecule has 0 aliphatic rings. The van der Waals surface area contributed by atoms with Crippen LogP contribution in [0.4, 0.5) is 4.39 Å². The molecule has 0 aliphatic carbocycles. The van der Waals surface area contributed by atoms with Crippen LogP contribution in [-0.2, 0) is 0 Å². The van der Waals surface area contributed by atoms with Crippen molar-refractivity contribution in [2.75, 3.05) is 0 Å². The van der Waals surface area contributed by atoms with Gasteiger partial charge >= 0.3 is 0 Å². The molecule has 0 spiro atoms. The van der Waals surface area contributed by atoms with Gasteiger partial charge in [-0.1, -0.05) is 40.5 Å². The van der Waals surface area contributed by atoms with E-state index < -0.39 is 5.67 Å². The molecule has 1 atom stereocenters. The van der Waals surface area contributed by atoms with Crippen molar-refractivity contribution in [2.24, 2.45) is 5.41 Å². The highest BCUT2D eigenvalue weighted by molar-refractivity contribution is 4.82. The monoisotopic (exact) mass is 174 g/mol. The van der Waals surface area contributed by atoms with Crippen molar-refractivity contribution in [3.63, 3.8) is 0 Å². The van der Waals surface area contributed by atoms with Gasteiger partial charge in [-0.25, -0.2) is 4.39 Å². The van der Waals surface area contributed by atoms with Gasteiger partial charge in [0.2, 0.25) is 0 Å². The molecule has 0 radical (unpaired) electrons. The highest BCUT2D eigenvalue weighted by atomic mass is 19.1. The molecule has 0 nitrogen and oxygen atoms in total. The number of rotatable bonds is 5. The minimum atomic E-state index is -0.971. The van der Waals surface area contributed by atoms with Crippen LogP contribution < -0.4 is 0 Å². The fourth-order valence-electron chi connectivity index (χ4n) is 1.51. The van der Waals surface area contributed by atoms with Crippen LogP contribution in [-0.4, -0.2) is 5.67 Å². The Morgan fingerprint density at radius 2 is 1.33 bits per heavy atom. The quantitative estimate of drug-likeness (QED) is 0.581. The van der Waals surface area contributed by atoms with Gasteiger partial charge in [-0.2, -0.15) is 0 Å². The summed E-state index contributed by atoms with van der Waals surface area (Å²) in [5, 5.41) is 0. The molecule has 0 saturated heterocycles. The Morgan fingerprint density at radius 1 is 0.917 bits per heavy atom. The van der Waals surface area contributed by atoms with E-state index in [0.717, 1.165) is 12.8 Å². The maximum Gasteiger partial charge on any atom is 0.108 e. The predicted molar refractivity (Wildman–Crippen MR) is 53.1 cm³/mol. The molecule has 0 aromatic heterocycles. The van der Waals surface area contributed by atoms with Gasteiger partial charge < -0.3 is 0 Å². The lowest BCUT2D eigenvalue weighted by Crippen LogP contribution is -2.27. The Kier molecular flexibility index (Phi) is 4.22. The maximum absolute atomic E-state index is 13.7. The van der Waals surface area contributed by atoms with Crippen molar-refractivity contribution in [1.29, 1.82) is 0 Å². The fourth-order valence-corrected chi connectivity index (χ4v) is 1.51. The van der Waals surface area contributed by atoms with E-state index in [1.807, 2.05) is 6.92 Å².